The summed E-state index contributed by atoms with van der Waals surface area (Å²) in [7, 11) is 0. The van der Waals surface area contributed by atoms with Gasteiger partial charge in [0, 0.05) is 25.1 Å². The van der Waals surface area contributed by atoms with Crippen LogP contribution in [0.5, 0.6) is 0 Å². The highest BCUT2D eigenvalue weighted by molar-refractivity contribution is 6.32. The van der Waals surface area contributed by atoms with Crippen LogP contribution in [-0.4, -0.2) is 17.4 Å². The van der Waals surface area contributed by atoms with E-state index < -0.39 is 0 Å². The first kappa shape index (κ1) is 11.0. The lowest BCUT2D eigenvalue weighted by Gasteiger charge is -2.17. The van der Waals surface area contributed by atoms with Crippen molar-refractivity contribution in [2.75, 3.05) is 11.4 Å². The van der Waals surface area contributed by atoms with Gasteiger partial charge in [0.25, 0.3) is 0 Å². The second-order valence-corrected chi connectivity index (χ2v) is 4.25. The molecule has 1 atom stereocenters. The number of rotatable bonds is 1. The molecule has 1 unspecified atom stereocenters. The van der Waals surface area contributed by atoms with E-state index >= 15 is 0 Å². The molecule has 0 N–H and O–H groups in total. The maximum atomic E-state index is 11.8. The Morgan fingerprint density at radius 3 is 3.06 bits per heavy atom. The fraction of sp³-hybridized carbons (Fsp3) is 0.333. The minimum absolute atomic E-state index is 0.0113. The Morgan fingerprint density at radius 2 is 2.44 bits per heavy atom. The van der Waals surface area contributed by atoms with Crippen LogP contribution < -0.4 is 4.90 Å². The molecular weight excluding hydrogens is 224 g/mol. The van der Waals surface area contributed by atoms with Gasteiger partial charge in [-0.25, -0.2) is 4.98 Å². The average molecular weight is 235 g/mol. The van der Waals surface area contributed by atoms with Gasteiger partial charge < -0.3 is 4.90 Å². The van der Waals surface area contributed by atoms with Crippen LogP contribution in [0.15, 0.2) is 12.3 Å². The lowest BCUT2D eigenvalue weighted by atomic mass is 10.1. The van der Waals surface area contributed by atoms with E-state index in [-0.39, 0.29) is 11.8 Å². The summed E-state index contributed by atoms with van der Waals surface area (Å²) in [4.78, 5) is 17.4. The number of amides is 1. The number of carbonyl (C=O) groups excluding carboxylic acids is 1. The third kappa shape index (κ3) is 1.89. The number of anilines is 1. The Labute approximate surface area is 99.4 Å². The molecule has 16 heavy (non-hydrogen) atoms. The standard InChI is InChI=1S/C12H11ClN2O/c1-3-9-5-11(16)15(7-9)10-4-8(2)6-14-12(10)13/h1,4,6,9H,5,7H2,2H3. The van der Waals surface area contributed by atoms with Gasteiger partial charge in [0.15, 0.2) is 5.15 Å². The van der Waals surface area contributed by atoms with Crippen molar-refractivity contribution < 1.29 is 4.79 Å². The molecule has 0 bridgehead atoms. The van der Waals surface area contributed by atoms with Crippen LogP contribution in [0.3, 0.4) is 0 Å². The number of hydrogen-bond donors (Lipinski definition) is 0. The Bertz CT molecular complexity index is 478. The van der Waals surface area contributed by atoms with Crippen LogP contribution in [0.4, 0.5) is 5.69 Å². The fourth-order valence-corrected chi connectivity index (χ4v) is 1.98. The van der Waals surface area contributed by atoms with Gasteiger partial charge in [0.05, 0.1) is 5.69 Å². The van der Waals surface area contributed by atoms with E-state index in [0.717, 1.165) is 5.56 Å². The van der Waals surface area contributed by atoms with E-state index in [4.69, 9.17) is 18.0 Å². The third-order valence-corrected chi connectivity index (χ3v) is 2.90. The highest BCUT2D eigenvalue weighted by atomic mass is 35.5. The number of nitrogens with zero attached hydrogens (tertiary/aromatic N) is 2. The predicted octanol–water partition coefficient (Wildman–Crippen LogP) is 2.03. The van der Waals surface area contributed by atoms with Gasteiger partial charge in [-0.15, -0.1) is 12.3 Å². The first-order valence-corrected chi connectivity index (χ1v) is 5.38. The zero-order valence-electron chi connectivity index (χ0n) is 8.90. The summed E-state index contributed by atoms with van der Waals surface area (Å²) in [5, 5.41) is 0.344. The molecule has 1 aliphatic heterocycles. The molecule has 0 aromatic carbocycles. The second-order valence-electron chi connectivity index (χ2n) is 3.89. The molecule has 1 fully saturated rings. The van der Waals surface area contributed by atoms with Gasteiger partial charge in [-0.3, -0.25) is 4.79 Å². The molecule has 0 radical (unpaired) electrons. The molecule has 1 aliphatic rings. The number of aromatic nitrogens is 1. The molecule has 3 nitrogen and oxygen atoms in total. The van der Waals surface area contributed by atoms with E-state index in [1.807, 2.05) is 13.0 Å². The molecule has 2 heterocycles. The molecule has 1 saturated heterocycles. The van der Waals surface area contributed by atoms with Crippen LogP contribution in [0.2, 0.25) is 5.15 Å². The quantitative estimate of drug-likeness (QED) is 0.550. The molecule has 1 amide bonds. The Morgan fingerprint density at radius 1 is 1.69 bits per heavy atom. The van der Waals surface area contributed by atoms with Gasteiger partial charge in [-0.05, 0) is 18.6 Å². The van der Waals surface area contributed by atoms with Gasteiger partial charge in [0.2, 0.25) is 5.91 Å². The summed E-state index contributed by atoms with van der Waals surface area (Å²) in [6, 6.07) is 1.85. The van der Waals surface area contributed by atoms with E-state index in [2.05, 4.69) is 10.9 Å². The average Bonchev–Trinajstić information content (AvgIpc) is 2.63. The monoisotopic (exact) mass is 234 g/mol. The van der Waals surface area contributed by atoms with Crippen LogP contribution >= 0.6 is 11.6 Å². The number of terminal acetylenes is 1. The highest BCUT2D eigenvalue weighted by Gasteiger charge is 2.30. The molecule has 0 saturated carbocycles. The van der Waals surface area contributed by atoms with Crippen molar-refractivity contribution in [1.29, 1.82) is 0 Å². The minimum atomic E-state index is -0.0240. The van der Waals surface area contributed by atoms with E-state index in [1.54, 1.807) is 11.1 Å². The minimum Gasteiger partial charge on any atom is -0.308 e. The molecular formula is C12H11ClN2O. The smallest absolute Gasteiger partial charge is 0.228 e. The maximum Gasteiger partial charge on any atom is 0.228 e. The lowest BCUT2D eigenvalue weighted by Crippen LogP contribution is -2.25. The van der Waals surface area contributed by atoms with Crippen molar-refractivity contribution in [3.8, 4) is 12.3 Å². The molecule has 0 spiro atoms. The first-order chi connectivity index (χ1) is 7.61. The van der Waals surface area contributed by atoms with Crippen molar-refractivity contribution in [3.05, 3.63) is 23.0 Å². The van der Waals surface area contributed by atoms with Crippen molar-refractivity contribution in [2.24, 2.45) is 5.92 Å². The number of aryl methyl sites for hydroxylation is 1. The number of halogens is 1. The highest BCUT2D eigenvalue weighted by Crippen LogP contribution is 2.30. The summed E-state index contributed by atoms with van der Waals surface area (Å²) >= 11 is 5.98. The van der Waals surface area contributed by atoms with Crippen molar-refractivity contribution >= 4 is 23.2 Å². The van der Waals surface area contributed by atoms with E-state index in [1.165, 1.54) is 0 Å². The normalized spacial score (nSPS) is 19.9. The zero-order valence-corrected chi connectivity index (χ0v) is 9.66. The van der Waals surface area contributed by atoms with Gasteiger partial charge in [-0.1, -0.05) is 11.6 Å². The number of hydrogen-bond acceptors (Lipinski definition) is 2. The fourth-order valence-electron chi connectivity index (χ4n) is 1.78. The largest absolute Gasteiger partial charge is 0.308 e. The first-order valence-electron chi connectivity index (χ1n) is 5.00. The molecule has 0 aliphatic carbocycles. The molecule has 4 heteroatoms. The Kier molecular flexibility index (Phi) is 2.84. The maximum absolute atomic E-state index is 11.8. The molecule has 2 rings (SSSR count). The molecule has 1 aromatic rings. The predicted molar refractivity (Wildman–Crippen MR) is 63.3 cm³/mol. The summed E-state index contributed by atoms with van der Waals surface area (Å²) in [5.74, 6) is 2.59. The van der Waals surface area contributed by atoms with Crippen LogP contribution in [-0.2, 0) is 4.79 Å². The van der Waals surface area contributed by atoms with Crippen LogP contribution in [0.25, 0.3) is 0 Å². The van der Waals surface area contributed by atoms with Crippen LogP contribution in [0, 0.1) is 25.2 Å². The van der Waals surface area contributed by atoms with Crippen molar-refractivity contribution in [2.45, 2.75) is 13.3 Å². The number of carbonyl (C=O) groups is 1. The van der Waals surface area contributed by atoms with Gasteiger partial charge >= 0.3 is 0 Å². The second kappa shape index (κ2) is 4.15. The molecule has 1 aromatic heterocycles. The van der Waals surface area contributed by atoms with Gasteiger partial charge in [0.1, 0.15) is 0 Å². The zero-order chi connectivity index (χ0) is 11.7. The van der Waals surface area contributed by atoms with E-state index in [9.17, 15) is 4.79 Å². The summed E-state index contributed by atoms with van der Waals surface area (Å²) in [5.41, 5.74) is 1.63. The SMILES string of the molecule is C#CC1CC(=O)N(c2cc(C)cnc2Cl)C1. The van der Waals surface area contributed by atoms with E-state index in [0.29, 0.717) is 23.8 Å². The Hall–Kier alpha value is -1.53. The van der Waals surface area contributed by atoms with Crippen molar-refractivity contribution in [3.63, 3.8) is 0 Å². The molecule has 82 valence electrons. The summed E-state index contributed by atoms with van der Waals surface area (Å²) < 4.78 is 0. The summed E-state index contributed by atoms with van der Waals surface area (Å²) in [6.07, 6.45) is 7.39. The van der Waals surface area contributed by atoms with Crippen LogP contribution in [0.1, 0.15) is 12.0 Å². The van der Waals surface area contributed by atoms with Gasteiger partial charge in [-0.2, -0.15) is 0 Å². The Balaban J connectivity index is 2.35. The topological polar surface area (TPSA) is 33.2 Å². The third-order valence-electron chi connectivity index (χ3n) is 2.61. The number of pyridine rings is 1. The van der Waals surface area contributed by atoms with Crippen molar-refractivity contribution in [1.82, 2.24) is 4.98 Å². The lowest BCUT2D eigenvalue weighted by molar-refractivity contribution is -0.117. The summed E-state index contributed by atoms with van der Waals surface area (Å²) in [6.45, 7) is 2.44.